The van der Waals surface area contributed by atoms with Crippen molar-refractivity contribution >= 4 is 0 Å². The Morgan fingerprint density at radius 2 is 1.90 bits per heavy atom. The summed E-state index contributed by atoms with van der Waals surface area (Å²) in [5.74, 6) is 0.616. The first-order valence-corrected chi connectivity index (χ1v) is 10.9. The Kier molecular flexibility index (Phi) is 6.95. The van der Waals surface area contributed by atoms with Crippen molar-refractivity contribution in [2.24, 2.45) is 0 Å². The highest BCUT2D eigenvalue weighted by atomic mass is 19.1. The number of halogens is 1. The second kappa shape index (κ2) is 10.0. The molecule has 4 rings (SSSR count). The second-order valence-electron chi connectivity index (χ2n) is 8.45. The molecule has 0 spiro atoms. The molecule has 1 aromatic heterocycles. The summed E-state index contributed by atoms with van der Waals surface area (Å²) in [6.45, 7) is 3.05. The lowest BCUT2D eigenvalue weighted by atomic mass is 10.1. The third-order valence-corrected chi connectivity index (χ3v) is 5.64. The van der Waals surface area contributed by atoms with Gasteiger partial charge in [0, 0.05) is 18.7 Å². The molecule has 0 aliphatic carbocycles. The Morgan fingerprint density at radius 1 is 1.06 bits per heavy atom. The minimum Gasteiger partial charge on any atom is -0.489 e. The fourth-order valence-corrected chi connectivity index (χ4v) is 4.23. The van der Waals surface area contributed by atoms with Crippen LogP contribution < -0.4 is 4.74 Å². The van der Waals surface area contributed by atoms with E-state index in [0.717, 1.165) is 60.7 Å². The average molecular weight is 420 g/mol. The Labute approximate surface area is 184 Å². The number of hydrogen-bond acceptors (Lipinski definition) is 4. The normalized spacial score (nSPS) is 16.7. The van der Waals surface area contributed by atoms with Gasteiger partial charge in [-0.15, -0.1) is 0 Å². The number of ether oxygens (including phenoxy) is 1. The Balaban J connectivity index is 1.47. The van der Waals surface area contributed by atoms with Gasteiger partial charge in [-0.3, -0.25) is 9.88 Å². The van der Waals surface area contributed by atoms with Gasteiger partial charge in [0.1, 0.15) is 18.2 Å². The van der Waals surface area contributed by atoms with E-state index in [0.29, 0.717) is 12.6 Å². The number of nitrogens with zero attached hydrogens (tertiary/aromatic N) is 3. The molecule has 2 aromatic carbocycles. The maximum Gasteiger partial charge on any atom is 0.124 e. The maximum absolute atomic E-state index is 13.5. The predicted molar refractivity (Wildman–Crippen MR) is 121 cm³/mol. The summed E-state index contributed by atoms with van der Waals surface area (Å²) in [4.78, 5) is 9.58. The predicted octanol–water partition coefficient (Wildman–Crippen LogP) is 5.20. The van der Waals surface area contributed by atoms with E-state index in [2.05, 4.69) is 48.2 Å². The van der Waals surface area contributed by atoms with E-state index in [1.165, 1.54) is 12.1 Å². The molecular formula is C26H30FN3O. The Hall–Kier alpha value is -2.76. The molecule has 4 nitrogen and oxygen atoms in total. The zero-order valence-electron chi connectivity index (χ0n) is 18.3. The first kappa shape index (κ1) is 21.5. The van der Waals surface area contributed by atoms with Crippen molar-refractivity contribution in [3.63, 3.8) is 0 Å². The molecule has 1 aliphatic rings. The summed E-state index contributed by atoms with van der Waals surface area (Å²) in [6.07, 6.45) is 2.28. The van der Waals surface area contributed by atoms with Gasteiger partial charge in [-0.25, -0.2) is 4.39 Å². The first-order valence-electron chi connectivity index (χ1n) is 10.9. The monoisotopic (exact) mass is 419 g/mol. The van der Waals surface area contributed by atoms with Crippen molar-refractivity contribution in [3.8, 4) is 5.75 Å². The lowest BCUT2D eigenvalue weighted by Crippen LogP contribution is -2.24. The summed E-state index contributed by atoms with van der Waals surface area (Å²) in [6, 6.07) is 21.4. The highest BCUT2D eigenvalue weighted by Gasteiger charge is 2.28. The van der Waals surface area contributed by atoms with Crippen molar-refractivity contribution in [1.82, 2.24) is 14.8 Å². The summed E-state index contributed by atoms with van der Waals surface area (Å²) in [7, 11) is 4.13. The van der Waals surface area contributed by atoms with E-state index in [1.807, 2.05) is 24.3 Å². The molecule has 1 unspecified atom stereocenters. The van der Waals surface area contributed by atoms with Crippen LogP contribution in [-0.4, -0.2) is 35.4 Å². The van der Waals surface area contributed by atoms with Gasteiger partial charge in [0.25, 0.3) is 0 Å². The van der Waals surface area contributed by atoms with Crippen molar-refractivity contribution in [2.45, 2.75) is 38.6 Å². The zero-order chi connectivity index (χ0) is 21.6. The topological polar surface area (TPSA) is 28.6 Å². The van der Waals surface area contributed by atoms with E-state index in [-0.39, 0.29) is 5.82 Å². The summed E-state index contributed by atoms with van der Waals surface area (Å²) in [5, 5.41) is 0. The maximum atomic E-state index is 13.5. The fourth-order valence-electron chi connectivity index (χ4n) is 4.23. The smallest absolute Gasteiger partial charge is 0.124 e. The van der Waals surface area contributed by atoms with Crippen molar-refractivity contribution < 1.29 is 9.13 Å². The van der Waals surface area contributed by atoms with Crippen LogP contribution in [-0.2, 0) is 19.7 Å². The molecule has 1 atom stereocenters. The number of likely N-dealkylation sites (tertiary alicyclic amines) is 1. The molecule has 0 saturated carbocycles. The third-order valence-electron chi connectivity index (χ3n) is 5.64. The van der Waals surface area contributed by atoms with Crippen molar-refractivity contribution in [3.05, 3.63) is 95.1 Å². The Bertz CT molecular complexity index is 1010. The molecule has 0 radical (unpaired) electrons. The lowest BCUT2D eigenvalue weighted by molar-refractivity contribution is 0.234. The second-order valence-corrected chi connectivity index (χ2v) is 8.45. The number of pyridine rings is 1. The van der Waals surface area contributed by atoms with Gasteiger partial charge in [-0.1, -0.05) is 36.4 Å². The number of rotatable bonds is 8. The van der Waals surface area contributed by atoms with E-state index in [4.69, 9.17) is 9.72 Å². The van der Waals surface area contributed by atoms with Gasteiger partial charge in [0.15, 0.2) is 0 Å². The largest absolute Gasteiger partial charge is 0.489 e. The molecule has 5 heteroatoms. The molecule has 1 saturated heterocycles. The highest BCUT2D eigenvalue weighted by Crippen LogP contribution is 2.34. The van der Waals surface area contributed by atoms with Crippen molar-refractivity contribution in [1.29, 1.82) is 0 Å². The van der Waals surface area contributed by atoms with Gasteiger partial charge in [0.2, 0.25) is 0 Å². The summed E-state index contributed by atoms with van der Waals surface area (Å²) in [5.41, 5.74) is 4.23. The van der Waals surface area contributed by atoms with Crippen LogP contribution in [0, 0.1) is 5.82 Å². The highest BCUT2D eigenvalue weighted by molar-refractivity contribution is 5.34. The minimum absolute atomic E-state index is 0.238. The molecule has 0 bridgehead atoms. The number of hydrogen-bond donors (Lipinski definition) is 0. The molecule has 3 aromatic rings. The van der Waals surface area contributed by atoms with Crippen LogP contribution in [0.25, 0.3) is 0 Å². The number of benzene rings is 2. The zero-order valence-corrected chi connectivity index (χ0v) is 18.3. The van der Waals surface area contributed by atoms with Crippen LogP contribution in [0.1, 0.15) is 41.4 Å². The van der Waals surface area contributed by atoms with Crippen molar-refractivity contribution in [2.75, 3.05) is 20.6 Å². The fraction of sp³-hybridized carbons (Fsp3) is 0.346. The van der Waals surface area contributed by atoms with E-state index in [1.54, 1.807) is 6.07 Å². The van der Waals surface area contributed by atoms with Crippen LogP contribution in [0.5, 0.6) is 5.75 Å². The average Bonchev–Trinajstić information content (AvgIpc) is 3.21. The Morgan fingerprint density at radius 3 is 2.74 bits per heavy atom. The van der Waals surface area contributed by atoms with E-state index >= 15 is 0 Å². The minimum atomic E-state index is -0.238. The van der Waals surface area contributed by atoms with Gasteiger partial charge >= 0.3 is 0 Å². The van der Waals surface area contributed by atoms with Crippen LogP contribution >= 0.6 is 0 Å². The van der Waals surface area contributed by atoms with Crippen LogP contribution in [0.4, 0.5) is 4.39 Å². The molecule has 0 N–H and O–H groups in total. The molecule has 31 heavy (non-hydrogen) atoms. The molecule has 162 valence electrons. The molecule has 1 aliphatic heterocycles. The summed E-state index contributed by atoms with van der Waals surface area (Å²) >= 11 is 0. The first-order chi connectivity index (χ1) is 15.1. The summed E-state index contributed by atoms with van der Waals surface area (Å²) < 4.78 is 19.6. The van der Waals surface area contributed by atoms with E-state index in [9.17, 15) is 4.39 Å². The van der Waals surface area contributed by atoms with Gasteiger partial charge in [-0.2, -0.15) is 0 Å². The molecule has 0 amide bonds. The van der Waals surface area contributed by atoms with E-state index < -0.39 is 0 Å². The molecular weight excluding hydrogens is 389 g/mol. The van der Waals surface area contributed by atoms with Crippen LogP contribution in [0.3, 0.4) is 0 Å². The van der Waals surface area contributed by atoms with Gasteiger partial charge in [-0.05, 0) is 69.4 Å². The number of para-hydroxylation sites is 1. The lowest BCUT2D eigenvalue weighted by Gasteiger charge is -2.25. The van der Waals surface area contributed by atoms with Gasteiger partial charge in [0.05, 0.1) is 17.4 Å². The van der Waals surface area contributed by atoms with Crippen LogP contribution in [0.2, 0.25) is 0 Å². The number of aromatic nitrogens is 1. The standard InChI is InChI=1S/C26H30FN3O/c1-29(2)18-23-11-6-12-24(28-23)25-13-7-15-30(25)17-21-9-3-4-14-26(21)31-19-20-8-5-10-22(27)16-20/h3-6,8-12,14,16,25H,7,13,15,17-19H2,1-2H3. The van der Waals surface area contributed by atoms with Crippen LogP contribution in [0.15, 0.2) is 66.7 Å². The van der Waals surface area contributed by atoms with Gasteiger partial charge < -0.3 is 9.64 Å². The quantitative estimate of drug-likeness (QED) is 0.502. The SMILES string of the molecule is CN(C)Cc1cccc(C2CCCN2Cc2ccccc2OCc2cccc(F)c2)n1. The molecule has 1 fully saturated rings. The third kappa shape index (κ3) is 5.69. The molecule has 2 heterocycles.